The van der Waals surface area contributed by atoms with Gasteiger partial charge in [-0.2, -0.15) is 26.3 Å². The number of nitrogens with zero attached hydrogens (tertiary/aromatic N) is 2. The molecule has 48 heavy (non-hydrogen) atoms. The van der Waals surface area contributed by atoms with Crippen LogP contribution in [-0.2, 0) is 31.5 Å². The summed E-state index contributed by atoms with van der Waals surface area (Å²) in [6.45, 7) is 1.79. The summed E-state index contributed by atoms with van der Waals surface area (Å²) in [7, 11) is 0. The van der Waals surface area contributed by atoms with Crippen molar-refractivity contribution < 1.29 is 55.4 Å². The quantitative estimate of drug-likeness (QED) is 0.119. The number of likely N-dealkylation sites (tertiary alicyclic amines) is 1. The zero-order chi connectivity index (χ0) is 35.3. The molecule has 256 valence electrons. The molecule has 4 aliphatic rings. The standard InChI is InChI=1S/C31H23BrCl2F6N2O6/c1-2-48-21-7-13(3-6-20(21)43)23-17-4-5-18-22(19(17)11-28(33)26(46)41(12-32)27(47)29(23,28)34)25(45)42(24(18)44)16-9-14(30(35,36)37)8-15(10-16)31(38,39)40/h3-4,6-10,18-19,22-23,43H,2,5,11-12H2,1H3. The minimum Gasteiger partial charge on any atom is -0.504 e. The third-order valence-corrected chi connectivity index (χ3v) is 11.4. The first kappa shape index (κ1) is 34.6. The van der Waals surface area contributed by atoms with Crippen LogP contribution in [0.4, 0.5) is 32.0 Å². The lowest BCUT2D eigenvalue weighted by atomic mass is 9.56. The highest BCUT2D eigenvalue weighted by Gasteiger charge is 2.76. The molecule has 2 aromatic rings. The molecule has 2 heterocycles. The number of anilines is 1. The molecular formula is C31H23BrCl2F6N2O6. The van der Waals surface area contributed by atoms with Crippen LogP contribution in [0.1, 0.15) is 42.4 Å². The number of hydrogen-bond acceptors (Lipinski definition) is 6. The molecule has 17 heteroatoms. The number of alkyl halides is 9. The molecule has 0 aromatic heterocycles. The summed E-state index contributed by atoms with van der Waals surface area (Å²) < 4.78 is 87.7. The molecule has 0 bridgehead atoms. The van der Waals surface area contributed by atoms with Crippen LogP contribution in [0.25, 0.3) is 0 Å². The van der Waals surface area contributed by atoms with Gasteiger partial charge in [-0.05, 0) is 61.6 Å². The Morgan fingerprint density at radius 2 is 1.56 bits per heavy atom. The number of phenolic OH excluding ortho intramolecular Hbond substituents is 1. The Morgan fingerprint density at radius 1 is 0.938 bits per heavy atom. The van der Waals surface area contributed by atoms with E-state index in [1.807, 2.05) is 0 Å². The Kier molecular flexibility index (Phi) is 8.19. The Balaban J connectivity index is 1.51. The van der Waals surface area contributed by atoms with Crippen LogP contribution < -0.4 is 9.64 Å². The number of aromatic hydroxyl groups is 1. The number of ether oxygens (including phenoxy) is 1. The second-order valence-corrected chi connectivity index (χ2v) is 13.7. The van der Waals surface area contributed by atoms with E-state index < -0.39 is 92.6 Å². The Hall–Kier alpha value is -3.30. The Morgan fingerprint density at radius 3 is 2.12 bits per heavy atom. The third kappa shape index (κ3) is 4.85. The number of phenols is 1. The van der Waals surface area contributed by atoms with E-state index in [0.717, 1.165) is 4.90 Å². The number of allylic oxidation sites excluding steroid dienone is 2. The summed E-state index contributed by atoms with van der Waals surface area (Å²) in [5.41, 5.74) is -4.07. The van der Waals surface area contributed by atoms with E-state index in [1.54, 1.807) is 13.0 Å². The minimum atomic E-state index is -5.24. The molecule has 2 aromatic carbocycles. The molecule has 8 nitrogen and oxygen atoms in total. The maximum Gasteiger partial charge on any atom is 0.416 e. The van der Waals surface area contributed by atoms with Crippen molar-refractivity contribution in [1.82, 2.24) is 4.90 Å². The van der Waals surface area contributed by atoms with Crippen LogP contribution in [0.3, 0.4) is 0 Å². The van der Waals surface area contributed by atoms with E-state index in [9.17, 15) is 50.6 Å². The molecular weight excluding hydrogens is 761 g/mol. The monoisotopic (exact) mass is 782 g/mol. The Labute approximate surface area is 286 Å². The van der Waals surface area contributed by atoms with Gasteiger partial charge in [0.1, 0.15) is 0 Å². The smallest absolute Gasteiger partial charge is 0.416 e. The third-order valence-electron chi connectivity index (χ3n) is 9.46. The fourth-order valence-corrected chi connectivity index (χ4v) is 8.86. The molecule has 6 rings (SSSR count). The van der Waals surface area contributed by atoms with Gasteiger partial charge >= 0.3 is 12.4 Å². The second-order valence-electron chi connectivity index (χ2n) is 11.9. The fraction of sp³-hybridized carbons (Fsp3) is 0.419. The highest BCUT2D eigenvalue weighted by Crippen LogP contribution is 2.66. The molecule has 0 radical (unpaired) electrons. The predicted molar refractivity (Wildman–Crippen MR) is 162 cm³/mol. The molecule has 1 N–H and O–H groups in total. The van der Waals surface area contributed by atoms with Gasteiger partial charge in [-0.3, -0.25) is 24.1 Å². The first-order valence-electron chi connectivity index (χ1n) is 14.4. The first-order chi connectivity index (χ1) is 22.3. The molecule has 6 unspecified atom stereocenters. The molecule has 3 fully saturated rings. The number of fused-ring (bicyclic) bond motifs is 4. The lowest BCUT2D eigenvalue weighted by molar-refractivity contribution is -0.143. The summed E-state index contributed by atoms with van der Waals surface area (Å²) in [5, 5.41) is 10.4. The summed E-state index contributed by atoms with van der Waals surface area (Å²) in [4.78, 5) is 52.2. The summed E-state index contributed by atoms with van der Waals surface area (Å²) >= 11 is 17.4. The zero-order valence-electron chi connectivity index (χ0n) is 24.5. The normalized spacial score (nSPS) is 30.3. The molecule has 2 aliphatic heterocycles. The van der Waals surface area contributed by atoms with Gasteiger partial charge in [0.15, 0.2) is 21.2 Å². The van der Waals surface area contributed by atoms with Crippen molar-refractivity contribution in [2.24, 2.45) is 17.8 Å². The molecule has 6 atom stereocenters. The van der Waals surface area contributed by atoms with E-state index in [4.69, 9.17) is 27.9 Å². The average Bonchev–Trinajstić information content (AvgIpc) is 3.35. The van der Waals surface area contributed by atoms with E-state index in [1.165, 1.54) is 18.2 Å². The van der Waals surface area contributed by atoms with E-state index >= 15 is 0 Å². The Bertz CT molecular complexity index is 1770. The van der Waals surface area contributed by atoms with Crippen LogP contribution in [0, 0.1) is 17.8 Å². The van der Waals surface area contributed by atoms with Crippen LogP contribution in [0.15, 0.2) is 48.0 Å². The van der Waals surface area contributed by atoms with Crippen LogP contribution in [-0.4, -0.2) is 55.4 Å². The van der Waals surface area contributed by atoms with Gasteiger partial charge < -0.3 is 9.84 Å². The molecule has 4 amide bonds. The molecule has 2 saturated heterocycles. The maximum atomic E-state index is 14.1. The van der Waals surface area contributed by atoms with Crippen molar-refractivity contribution in [1.29, 1.82) is 0 Å². The number of benzene rings is 2. The van der Waals surface area contributed by atoms with Gasteiger partial charge in [-0.1, -0.05) is 33.6 Å². The summed E-state index contributed by atoms with van der Waals surface area (Å²) in [6.07, 6.45) is -9.59. The van der Waals surface area contributed by atoms with Gasteiger partial charge in [0.05, 0.1) is 40.7 Å². The second kappa shape index (κ2) is 11.4. The topological polar surface area (TPSA) is 104 Å². The van der Waals surface area contributed by atoms with Gasteiger partial charge in [0.2, 0.25) is 11.8 Å². The van der Waals surface area contributed by atoms with E-state index in [2.05, 4.69) is 15.9 Å². The molecule has 2 aliphatic carbocycles. The van der Waals surface area contributed by atoms with Gasteiger partial charge in [0.25, 0.3) is 11.8 Å². The number of carbonyl (C=O) groups is 4. The fourth-order valence-electron chi connectivity index (χ4n) is 7.43. The van der Waals surface area contributed by atoms with Crippen molar-refractivity contribution in [3.63, 3.8) is 0 Å². The van der Waals surface area contributed by atoms with Crippen molar-refractivity contribution in [2.45, 2.75) is 47.8 Å². The highest BCUT2D eigenvalue weighted by molar-refractivity contribution is 9.09. The van der Waals surface area contributed by atoms with Crippen molar-refractivity contribution in [2.75, 3.05) is 17.0 Å². The zero-order valence-corrected chi connectivity index (χ0v) is 27.6. The molecule has 0 spiro atoms. The van der Waals surface area contributed by atoms with E-state index in [-0.39, 0.29) is 41.6 Å². The lowest BCUT2D eigenvalue weighted by Crippen LogP contribution is -2.60. The largest absolute Gasteiger partial charge is 0.504 e. The maximum absolute atomic E-state index is 14.1. The number of halogens is 9. The van der Waals surface area contributed by atoms with Crippen LogP contribution in [0.2, 0.25) is 0 Å². The SMILES string of the molecule is CCOc1cc(C2C3=CCC4C(=O)N(c5cc(C(F)(F)F)cc(C(F)(F)F)c5)C(=O)C4C3CC3(Cl)C(=O)N(CBr)C(=O)C23Cl)ccc1O. The number of imide groups is 2. The van der Waals surface area contributed by atoms with Crippen LogP contribution >= 0.6 is 39.1 Å². The number of rotatable bonds is 5. The summed E-state index contributed by atoms with van der Waals surface area (Å²) in [6, 6.07) is 4.56. The number of amides is 4. The van der Waals surface area contributed by atoms with E-state index in [0.29, 0.717) is 22.6 Å². The lowest BCUT2D eigenvalue weighted by Gasteiger charge is -2.50. The van der Waals surface area contributed by atoms with Crippen LogP contribution in [0.5, 0.6) is 11.5 Å². The predicted octanol–water partition coefficient (Wildman–Crippen LogP) is 6.74. The van der Waals surface area contributed by atoms with Gasteiger partial charge in [-0.15, -0.1) is 23.2 Å². The van der Waals surface area contributed by atoms with Crippen molar-refractivity contribution in [3.05, 3.63) is 64.7 Å². The van der Waals surface area contributed by atoms with Gasteiger partial charge in [0, 0.05) is 5.92 Å². The minimum absolute atomic E-state index is 0.00396. The van der Waals surface area contributed by atoms with Crippen molar-refractivity contribution in [3.8, 4) is 11.5 Å². The molecule has 1 saturated carbocycles. The highest BCUT2D eigenvalue weighted by atomic mass is 79.9. The summed E-state index contributed by atoms with van der Waals surface area (Å²) in [5.74, 6) is -9.13. The average molecular weight is 784 g/mol. The van der Waals surface area contributed by atoms with Crippen molar-refractivity contribution >= 4 is 68.4 Å². The first-order valence-corrected chi connectivity index (χ1v) is 16.3. The number of hydrogen-bond donors (Lipinski definition) is 1. The van der Waals surface area contributed by atoms with Gasteiger partial charge in [-0.25, -0.2) is 4.90 Å². The number of carbonyl (C=O) groups excluding carboxylic acids is 4.